The Morgan fingerprint density at radius 3 is 2.74 bits per heavy atom. The maximum atomic E-state index is 15.2. The quantitative estimate of drug-likeness (QED) is 0.543. The number of hydrogen-bond acceptors (Lipinski definition) is 4. The molecule has 0 aliphatic carbocycles. The molecule has 2 aromatic heterocycles. The van der Waals surface area contributed by atoms with Gasteiger partial charge in [0.1, 0.15) is 11.3 Å². The van der Waals surface area contributed by atoms with Crippen molar-refractivity contribution in [3.05, 3.63) is 58.0 Å². The standard InChI is InChI=1S/C21H20Cl2F2N4O2/c22-15-9-13-11-27-28-19(13)16(10-15)20(31)21(24,25)14-2-5-29(6-3-14)18(30)8-12-1-4-26-17(23)7-12/h1,4,7,9-11,14,20,31H,2-3,5-6,8H2,(H,27,28). The highest BCUT2D eigenvalue weighted by atomic mass is 35.5. The smallest absolute Gasteiger partial charge is 0.280 e. The SMILES string of the molecule is O=C(Cc1ccnc(Cl)c1)N1CCC(C(F)(F)C(O)c2cc(Cl)cc3cn[nH]c23)CC1. The fourth-order valence-corrected chi connectivity index (χ4v) is 4.48. The molecular weight excluding hydrogens is 449 g/mol. The van der Waals surface area contributed by atoms with E-state index >= 15 is 8.78 Å². The summed E-state index contributed by atoms with van der Waals surface area (Å²) in [5.41, 5.74) is 1.07. The molecule has 3 aromatic rings. The molecule has 164 valence electrons. The van der Waals surface area contributed by atoms with Gasteiger partial charge in [0, 0.05) is 41.2 Å². The van der Waals surface area contributed by atoms with Gasteiger partial charge >= 0.3 is 0 Å². The lowest BCUT2D eigenvalue weighted by Gasteiger charge is -2.38. The number of aromatic amines is 1. The molecule has 1 unspecified atom stereocenters. The molecule has 3 heterocycles. The molecule has 1 aliphatic heterocycles. The Kier molecular flexibility index (Phi) is 6.14. The van der Waals surface area contributed by atoms with Gasteiger partial charge in [0.05, 0.1) is 18.1 Å². The number of piperidine rings is 1. The number of likely N-dealkylation sites (tertiary alicyclic amines) is 1. The van der Waals surface area contributed by atoms with E-state index in [2.05, 4.69) is 15.2 Å². The number of H-pyrrole nitrogens is 1. The van der Waals surface area contributed by atoms with Crippen molar-refractivity contribution in [2.24, 2.45) is 5.92 Å². The zero-order chi connectivity index (χ0) is 22.2. The van der Waals surface area contributed by atoms with Gasteiger partial charge in [0.2, 0.25) is 5.91 Å². The summed E-state index contributed by atoms with van der Waals surface area (Å²) in [7, 11) is 0. The van der Waals surface area contributed by atoms with Crippen LogP contribution in [-0.2, 0) is 11.2 Å². The molecule has 1 amide bonds. The predicted octanol–water partition coefficient (Wildman–Crippen LogP) is 4.41. The lowest BCUT2D eigenvalue weighted by Crippen LogP contribution is -2.45. The van der Waals surface area contributed by atoms with E-state index in [0.717, 1.165) is 5.56 Å². The van der Waals surface area contributed by atoms with Gasteiger partial charge < -0.3 is 10.0 Å². The van der Waals surface area contributed by atoms with Gasteiger partial charge in [-0.1, -0.05) is 23.2 Å². The number of aliphatic hydroxyl groups excluding tert-OH is 1. The number of aliphatic hydroxyl groups is 1. The first-order valence-corrected chi connectivity index (χ1v) is 10.6. The van der Waals surface area contributed by atoms with E-state index in [9.17, 15) is 9.90 Å². The Morgan fingerprint density at radius 1 is 1.29 bits per heavy atom. The first-order valence-electron chi connectivity index (χ1n) is 9.82. The molecule has 1 aromatic carbocycles. The highest BCUT2D eigenvalue weighted by Gasteiger charge is 2.48. The first-order chi connectivity index (χ1) is 14.8. The molecule has 2 N–H and O–H groups in total. The summed E-state index contributed by atoms with van der Waals surface area (Å²) in [6.45, 7) is 0.388. The summed E-state index contributed by atoms with van der Waals surface area (Å²) in [4.78, 5) is 18.0. The van der Waals surface area contributed by atoms with Crippen molar-refractivity contribution < 1.29 is 18.7 Å². The molecule has 1 aliphatic rings. The number of hydrogen-bond donors (Lipinski definition) is 2. The van der Waals surface area contributed by atoms with Gasteiger partial charge in [-0.3, -0.25) is 9.89 Å². The number of amides is 1. The van der Waals surface area contributed by atoms with Gasteiger partial charge in [-0.15, -0.1) is 0 Å². The van der Waals surface area contributed by atoms with Crippen LogP contribution in [-0.4, -0.2) is 50.1 Å². The Bertz CT molecular complexity index is 1100. The minimum Gasteiger partial charge on any atom is -0.382 e. The third-order valence-corrected chi connectivity index (χ3v) is 6.17. The molecule has 1 saturated heterocycles. The second-order valence-electron chi connectivity index (χ2n) is 7.72. The average Bonchev–Trinajstić information content (AvgIpc) is 3.21. The van der Waals surface area contributed by atoms with Crippen molar-refractivity contribution in [2.45, 2.75) is 31.3 Å². The van der Waals surface area contributed by atoms with E-state index in [0.29, 0.717) is 16.1 Å². The molecular formula is C21H20Cl2F2N4O2. The zero-order valence-electron chi connectivity index (χ0n) is 16.4. The third-order valence-electron chi connectivity index (χ3n) is 5.74. The Labute approximate surface area is 187 Å². The van der Waals surface area contributed by atoms with Gasteiger partial charge in [-0.05, 0) is 42.7 Å². The maximum Gasteiger partial charge on any atom is 0.280 e. The summed E-state index contributed by atoms with van der Waals surface area (Å²) in [6.07, 6.45) is 1.24. The van der Waals surface area contributed by atoms with E-state index in [1.54, 1.807) is 23.1 Å². The van der Waals surface area contributed by atoms with Crippen molar-refractivity contribution in [1.82, 2.24) is 20.1 Å². The molecule has 0 spiro atoms. The largest absolute Gasteiger partial charge is 0.382 e. The highest BCUT2D eigenvalue weighted by Crippen LogP contribution is 2.44. The molecule has 1 atom stereocenters. The fourth-order valence-electron chi connectivity index (χ4n) is 4.05. The Morgan fingerprint density at radius 2 is 2.03 bits per heavy atom. The number of carbonyl (C=O) groups excluding carboxylic acids is 1. The lowest BCUT2D eigenvalue weighted by atomic mass is 9.84. The Balaban J connectivity index is 1.43. The van der Waals surface area contributed by atoms with Crippen LogP contribution in [0.4, 0.5) is 8.78 Å². The van der Waals surface area contributed by atoms with Crippen LogP contribution in [0.15, 0.2) is 36.7 Å². The van der Waals surface area contributed by atoms with Gasteiger partial charge in [0.15, 0.2) is 0 Å². The van der Waals surface area contributed by atoms with E-state index in [-0.39, 0.29) is 48.8 Å². The van der Waals surface area contributed by atoms with Crippen LogP contribution < -0.4 is 0 Å². The van der Waals surface area contributed by atoms with Gasteiger partial charge in [0.25, 0.3) is 5.92 Å². The van der Waals surface area contributed by atoms with Gasteiger partial charge in [-0.2, -0.15) is 5.10 Å². The summed E-state index contributed by atoms with van der Waals surface area (Å²) in [5.74, 6) is -4.62. The maximum absolute atomic E-state index is 15.2. The van der Waals surface area contributed by atoms with Crippen LogP contribution in [0.25, 0.3) is 10.9 Å². The summed E-state index contributed by atoms with van der Waals surface area (Å²) in [6, 6.07) is 6.23. The van der Waals surface area contributed by atoms with Crippen molar-refractivity contribution in [1.29, 1.82) is 0 Å². The number of benzene rings is 1. The topological polar surface area (TPSA) is 82.1 Å². The Hall–Kier alpha value is -2.29. The first kappa shape index (κ1) is 21.9. The average molecular weight is 469 g/mol. The number of aromatic nitrogens is 3. The van der Waals surface area contributed by atoms with Crippen LogP contribution in [0.1, 0.15) is 30.1 Å². The fraction of sp³-hybridized carbons (Fsp3) is 0.381. The molecule has 1 fully saturated rings. The second-order valence-corrected chi connectivity index (χ2v) is 8.55. The van der Waals surface area contributed by atoms with E-state index in [1.807, 2.05) is 0 Å². The monoisotopic (exact) mass is 468 g/mol. The van der Waals surface area contributed by atoms with E-state index in [1.165, 1.54) is 18.5 Å². The van der Waals surface area contributed by atoms with Crippen LogP contribution in [0.5, 0.6) is 0 Å². The number of nitrogens with one attached hydrogen (secondary N) is 1. The van der Waals surface area contributed by atoms with Crippen LogP contribution in [0.2, 0.25) is 10.2 Å². The summed E-state index contributed by atoms with van der Waals surface area (Å²) < 4.78 is 30.4. The number of pyridine rings is 1. The lowest BCUT2D eigenvalue weighted by molar-refractivity contribution is -0.164. The number of fused-ring (bicyclic) bond motifs is 1. The predicted molar refractivity (Wildman–Crippen MR) is 113 cm³/mol. The molecule has 0 radical (unpaired) electrons. The van der Waals surface area contributed by atoms with Crippen molar-refractivity contribution in [3.63, 3.8) is 0 Å². The minimum absolute atomic E-state index is 0.0121. The third kappa shape index (κ3) is 4.51. The van der Waals surface area contributed by atoms with Gasteiger partial charge in [-0.25, -0.2) is 13.8 Å². The second kappa shape index (κ2) is 8.68. The van der Waals surface area contributed by atoms with Crippen LogP contribution in [0.3, 0.4) is 0 Å². The van der Waals surface area contributed by atoms with Crippen LogP contribution in [0, 0.1) is 5.92 Å². The summed E-state index contributed by atoms with van der Waals surface area (Å²) in [5, 5.41) is 18.2. The van der Waals surface area contributed by atoms with Crippen molar-refractivity contribution >= 4 is 40.0 Å². The number of halogens is 4. The van der Waals surface area contributed by atoms with Crippen molar-refractivity contribution in [2.75, 3.05) is 13.1 Å². The molecule has 4 rings (SSSR count). The summed E-state index contributed by atoms with van der Waals surface area (Å²) >= 11 is 11.9. The van der Waals surface area contributed by atoms with Crippen molar-refractivity contribution in [3.8, 4) is 0 Å². The number of rotatable bonds is 5. The molecule has 0 saturated carbocycles. The van der Waals surface area contributed by atoms with E-state index < -0.39 is 17.9 Å². The number of carbonyl (C=O) groups is 1. The number of alkyl halides is 2. The molecule has 31 heavy (non-hydrogen) atoms. The number of nitrogens with zero attached hydrogens (tertiary/aromatic N) is 3. The highest BCUT2D eigenvalue weighted by molar-refractivity contribution is 6.31. The minimum atomic E-state index is -3.39. The zero-order valence-corrected chi connectivity index (χ0v) is 17.9. The molecule has 6 nitrogen and oxygen atoms in total. The molecule has 10 heteroatoms. The molecule has 0 bridgehead atoms. The van der Waals surface area contributed by atoms with E-state index in [4.69, 9.17) is 23.2 Å². The van der Waals surface area contributed by atoms with Crippen LogP contribution >= 0.6 is 23.2 Å². The normalized spacial score (nSPS) is 16.6.